The number of hydrogen-bond donors (Lipinski definition) is 1. The van der Waals surface area contributed by atoms with Crippen molar-refractivity contribution in [2.45, 2.75) is 64.3 Å². The van der Waals surface area contributed by atoms with Crippen molar-refractivity contribution in [2.24, 2.45) is 0 Å². The van der Waals surface area contributed by atoms with Gasteiger partial charge < -0.3 is 24.1 Å². The van der Waals surface area contributed by atoms with Crippen LogP contribution in [0.3, 0.4) is 0 Å². The number of aliphatic hydroxyl groups is 1. The molecule has 0 amide bonds. The van der Waals surface area contributed by atoms with Crippen LogP contribution in [0.4, 0.5) is 0 Å². The Balaban J connectivity index is 2.69. The third-order valence-electron chi connectivity index (χ3n) is 3.10. The number of carbonyl (C=O) groups is 1. The van der Waals surface area contributed by atoms with Crippen LogP contribution in [0.25, 0.3) is 0 Å². The van der Waals surface area contributed by atoms with Gasteiger partial charge in [0.15, 0.2) is 12.4 Å². The summed E-state index contributed by atoms with van der Waals surface area (Å²) in [5.74, 6) is -0.489. The van der Waals surface area contributed by atoms with Crippen molar-refractivity contribution in [1.82, 2.24) is 0 Å². The van der Waals surface area contributed by atoms with E-state index in [1.54, 1.807) is 6.92 Å². The van der Waals surface area contributed by atoms with E-state index >= 15 is 0 Å². The van der Waals surface area contributed by atoms with Crippen LogP contribution in [-0.4, -0.2) is 55.5 Å². The fraction of sp³-hybridized carbons (Fsp3) is 0.923. The maximum Gasteiger partial charge on any atom is 0.303 e. The van der Waals surface area contributed by atoms with Gasteiger partial charge in [-0.15, -0.1) is 0 Å². The Morgan fingerprint density at radius 3 is 2.58 bits per heavy atom. The van der Waals surface area contributed by atoms with Crippen molar-refractivity contribution in [3.05, 3.63) is 0 Å². The van der Waals surface area contributed by atoms with Crippen LogP contribution in [0, 0.1) is 0 Å². The van der Waals surface area contributed by atoms with Crippen molar-refractivity contribution < 1.29 is 28.8 Å². The molecule has 1 rings (SSSR count). The van der Waals surface area contributed by atoms with E-state index in [1.807, 2.05) is 0 Å². The predicted octanol–water partition coefficient (Wildman–Crippen LogP) is 0.855. The molecule has 112 valence electrons. The maximum atomic E-state index is 11.1. The smallest absolute Gasteiger partial charge is 0.303 e. The highest BCUT2D eigenvalue weighted by Gasteiger charge is 2.46. The second-order valence-corrected chi connectivity index (χ2v) is 4.70. The van der Waals surface area contributed by atoms with Crippen LogP contribution in [0.15, 0.2) is 0 Å². The van der Waals surface area contributed by atoms with Gasteiger partial charge in [0.1, 0.15) is 12.2 Å². The number of rotatable bonds is 6. The summed E-state index contributed by atoms with van der Waals surface area (Å²) < 4.78 is 21.4. The Morgan fingerprint density at radius 1 is 1.37 bits per heavy atom. The van der Waals surface area contributed by atoms with Crippen LogP contribution in [0.1, 0.15) is 33.6 Å². The number of unbranched alkanes of at least 4 members (excludes halogenated alkanes) is 1. The van der Waals surface area contributed by atoms with Crippen molar-refractivity contribution in [2.75, 3.05) is 13.7 Å². The molecule has 0 aromatic heterocycles. The zero-order valence-corrected chi connectivity index (χ0v) is 12.0. The topological polar surface area (TPSA) is 74.2 Å². The van der Waals surface area contributed by atoms with Gasteiger partial charge in [0.05, 0.1) is 6.10 Å². The second-order valence-electron chi connectivity index (χ2n) is 4.70. The molecule has 0 aromatic carbocycles. The number of hydrogen-bond acceptors (Lipinski definition) is 6. The first kappa shape index (κ1) is 16.4. The normalized spacial score (nSPS) is 35.1. The summed E-state index contributed by atoms with van der Waals surface area (Å²) in [7, 11) is 1.44. The minimum atomic E-state index is -0.963. The molecule has 0 saturated carbocycles. The summed E-state index contributed by atoms with van der Waals surface area (Å²) in [6.45, 7) is 5.68. The molecule has 0 aromatic rings. The molecule has 5 atom stereocenters. The number of aliphatic hydroxyl groups excluding tert-OH is 1. The van der Waals surface area contributed by atoms with Gasteiger partial charge in [-0.05, 0) is 13.3 Å². The lowest BCUT2D eigenvalue weighted by atomic mass is 9.99. The van der Waals surface area contributed by atoms with E-state index in [1.165, 1.54) is 14.0 Å². The molecule has 2 unspecified atom stereocenters. The molecule has 1 aliphatic heterocycles. The molecule has 1 N–H and O–H groups in total. The minimum absolute atomic E-state index is 0.330. The molecule has 1 aliphatic rings. The van der Waals surface area contributed by atoms with Gasteiger partial charge in [-0.25, -0.2) is 0 Å². The standard InChI is InChI=1S/C13H24O6/c1-5-6-7-17-11-8(2)18-13(16-4)12(10(11)15)19-9(3)14/h8,10-13,15H,5-7H2,1-4H3/t8?,10?,11-,12-,13+/m0/s1. The molecule has 6 nitrogen and oxygen atoms in total. The third-order valence-corrected chi connectivity index (χ3v) is 3.10. The highest BCUT2D eigenvalue weighted by molar-refractivity contribution is 5.66. The highest BCUT2D eigenvalue weighted by Crippen LogP contribution is 2.26. The van der Waals surface area contributed by atoms with E-state index in [0.717, 1.165) is 12.8 Å². The molecule has 0 radical (unpaired) electrons. The Kier molecular flexibility index (Phi) is 6.71. The van der Waals surface area contributed by atoms with E-state index in [9.17, 15) is 9.90 Å². The van der Waals surface area contributed by atoms with Gasteiger partial charge in [-0.3, -0.25) is 4.79 Å². The first-order chi connectivity index (χ1) is 9.01. The number of esters is 1. The fourth-order valence-corrected chi connectivity index (χ4v) is 2.10. The molecule has 0 spiro atoms. The molecule has 6 heteroatoms. The zero-order valence-electron chi connectivity index (χ0n) is 12.0. The van der Waals surface area contributed by atoms with E-state index in [0.29, 0.717) is 6.61 Å². The van der Waals surface area contributed by atoms with E-state index in [-0.39, 0.29) is 6.10 Å². The third kappa shape index (κ3) is 4.42. The van der Waals surface area contributed by atoms with Gasteiger partial charge in [0.25, 0.3) is 0 Å². The summed E-state index contributed by atoms with van der Waals surface area (Å²) in [6, 6.07) is 0. The molecule has 1 heterocycles. The molecule has 19 heavy (non-hydrogen) atoms. The molecule has 1 fully saturated rings. The number of methoxy groups -OCH3 is 1. The fourth-order valence-electron chi connectivity index (χ4n) is 2.10. The number of ether oxygens (including phenoxy) is 4. The van der Waals surface area contributed by atoms with Crippen LogP contribution in [0.2, 0.25) is 0 Å². The second kappa shape index (κ2) is 7.79. The number of carbonyl (C=O) groups excluding carboxylic acids is 1. The highest BCUT2D eigenvalue weighted by atomic mass is 16.7. The average Bonchev–Trinajstić information content (AvgIpc) is 2.36. The van der Waals surface area contributed by atoms with Gasteiger partial charge >= 0.3 is 5.97 Å². The van der Waals surface area contributed by atoms with E-state index < -0.39 is 30.6 Å². The van der Waals surface area contributed by atoms with E-state index in [4.69, 9.17) is 18.9 Å². The lowest BCUT2D eigenvalue weighted by Crippen LogP contribution is -2.59. The Hall–Kier alpha value is -0.690. The van der Waals surface area contributed by atoms with Crippen LogP contribution >= 0.6 is 0 Å². The van der Waals surface area contributed by atoms with Gasteiger partial charge in [-0.2, -0.15) is 0 Å². The van der Waals surface area contributed by atoms with Gasteiger partial charge in [-0.1, -0.05) is 13.3 Å². The Morgan fingerprint density at radius 2 is 2.05 bits per heavy atom. The molecule has 1 saturated heterocycles. The van der Waals surface area contributed by atoms with Gasteiger partial charge in [0, 0.05) is 20.6 Å². The molecular weight excluding hydrogens is 252 g/mol. The minimum Gasteiger partial charge on any atom is -0.454 e. The predicted molar refractivity (Wildman–Crippen MR) is 67.6 cm³/mol. The first-order valence-corrected chi connectivity index (χ1v) is 6.66. The molecule has 0 aliphatic carbocycles. The zero-order chi connectivity index (χ0) is 14.4. The average molecular weight is 276 g/mol. The van der Waals surface area contributed by atoms with Crippen LogP contribution < -0.4 is 0 Å². The molecule has 0 bridgehead atoms. The summed E-state index contributed by atoms with van der Waals surface area (Å²) in [6.07, 6.45) is -1.56. The maximum absolute atomic E-state index is 11.1. The summed E-state index contributed by atoms with van der Waals surface area (Å²) in [5.41, 5.74) is 0. The first-order valence-electron chi connectivity index (χ1n) is 6.66. The largest absolute Gasteiger partial charge is 0.454 e. The molecular formula is C13H24O6. The van der Waals surface area contributed by atoms with Crippen LogP contribution in [-0.2, 0) is 23.7 Å². The summed E-state index contributed by atoms with van der Waals surface area (Å²) in [5, 5.41) is 10.3. The van der Waals surface area contributed by atoms with Crippen LogP contribution in [0.5, 0.6) is 0 Å². The van der Waals surface area contributed by atoms with Crippen molar-refractivity contribution in [3.63, 3.8) is 0 Å². The summed E-state index contributed by atoms with van der Waals surface area (Å²) >= 11 is 0. The quantitative estimate of drug-likeness (QED) is 0.573. The SMILES string of the molecule is CCCCO[C@H]1C(C)O[C@@H](OC)[C@@H](OC(C)=O)C1O. The Labute approximate surface area is 114 Å². The van der Waals surface area contributed by atoms with Crippen molar-refractivity contribution in [1.29, 1.82) is 0 Å². The van der Waals surface area contributed by atoms with Crippen molar-refractivity contribution >= 4 is 5.97 Å². The lowest BCUT2D eigenvalue weighted by Gasteiger charge is -2.42. The van der Waals surface area contributed by atoms with Gasteiger partial charge in [0.2, 0.25) is 0 Å². The lowest BCUT2D eigenvalue weighted by molar-refractivity contribution is -0.296. The Bertz CT molecular complexity index is 282. The van der Waals surface area contributed by atoms with E-state index in [2.05, 4.69) is 6.92 Å². The van der Waals surface area contributed by atoms with Crippen molar-refractivity contribution in [3.8, 4) is 0 Å². The summed E-state index contributed by atoms with van der Waals surface area (Å²) in [4.78, 5) is 11.1. The monoisotopic (exact) mass is 276 g/mol.